The summed E-state index contributed by atoms with van der Waals surface area (Å²) >= 11 is 0. The fourth-order valence-corrected chi connectivity index (χ4v) is 2.01. The summed E-state index contributed by atoms with van der Waals surface area (Å²) in [5.41, 5.74) is 7.83. The summed E-state index contributed by atoms with van der Waals surface area (Å²) < 4.78 is 5.64. The van der Waals surface area contributed by atoms with Gasteiger partial charge in [0.15, 0.2) is 6.61 Å². The second kappa shape index (κ2) is 7.79. The van der Waals surface area contributed by atoms with Crippen LogP contribution in [-0.4, -0.2) is 37.0 Å². The fourth-order valence-electron chi connectivity index (χ4n) is 2.01. The summed E-state index contributed by atoms with van der Waals surface area (Å²) in [4.78, 5) is 13.7. The maximum absolute atomic E-state index is 11.9. The Labute approximate surface area is 115 Å². The monoisotopic (exact) mass is 264 g/mol. The van der Waals surface area contributed by atoms with Gasteiger partial charge in [-0.3, -0.25) is 4.79 Å². The molecule has 0 radical (unpaired) electrons. The van der Waals surface area contributed by atoms with Crippen molar-refractivity contribution >= 4 is 5.91 Å². The Morgan fingerprint density at radius 2 is 2.00 bits per heavy atom. The van der Waals surface area contributed by atoms with Crippen molar-refractivity contribution in [3.8, 4) is 5.75 Å². The lowest BCUT2D eigenvalue weighted by atomic mass is 10.1. The lowest BCUT2D eigenvalue weighted by molar-refractivity contribution is -0.132. The van der Waals surface area contributed by atoms with Gasteiger partial charge in [0.25, 0.3) is 5.91 Å². The first kappa shape index (κ1) is 15.5. The second-order valence-corrected chi connectivity index (χ2v) is 4.50. The van der Waals surface area contributed by atoms with Gasteiger partial charge in [0.2, 0.25) is 0 Å². The number of nitrogens with zero attached hydrogens (tertiary/aromatic N) is 1. The van der Waals surface area contributed by atoms with Gasteiger partial charge in [-0.15, -0.1) is 0 Å². The van der Waals surface area contributed by atoms with Crippen LogP contribution in [0, 0.1) is 6.92 Å². The SMILES string of the molecule is CCN(CC)C(=O)COc1ccc(C)cc1CCN. The number of carbonyl (C=O) groups excluding carboxylic acids is 1. The van der Waals surface area contributed by atoms with Gasteiger partial charge in [-0.25, -0.2) is 0 Å². The molecular formula is C15H24N2O2. The maximum Gasteiger partial charge on any atom is 0.260 e. The fraction of sp³-hybridized carbons (Fsp3) is 0.533. The van der Waals surface area contributed by atoms with Gasteiger partial charge >= 0.3 is 0 Å². The van der Waals surface area contributed by atoms with Crippen molar-refractivity contribution in [1.82, 2.24) is 4.90 Å². The number of ether oxygens (including phenoxy) is 1. The predicted octanol–water partition coefficient (Wildman–Crippen LogP) is 1.74. The molecule has 1 rings (SSSR count). The lowest BCUT2D eigenvalue weighted by Crippen LogP contribution is -2.34. The number of benzene rings is 1. The standard InChI is InChI=1S/C15H24N2O2/c1-4-17(5-2)15(18)11-19-14-7-6-12(3)10-13(14)8-9-16/h6-7,10H,4-5,8-9,11,16H2,1-3H3. The molecule has 0 aromatic heterocycles. The number of amides is 1. The highest BCUT2D eigenvalue weighted by molar-refractivity contribution is 5.77. The van der Waals surface area contributed by atoms with Crippen LogP contribution in [0.15, 0.2) is 18.2 Å². The Bertz CT molecular complexity index is 415. The van der Waals surface area contributed by atoms with E-state index in [0.29, 0.717) is 19.6 Å². The molecule has 1 aromatic carbocycles. The summed E-state index contributed by atoms with van der Waals surface area (Å²) in [5, 5.41) is 0. The molecule has 0 aliphatic carbocycles. The molecule has 0 spiro atoms. The van der Waals surface area contributed by atoms with Crippen LogP contribution in [0.5, 0.6) is 5.75 Å². The third-order valence-corrected chi connectivity index (χ3v) is 3.10. The zero-order valence-electron chi connectivity index (χ0n) is 12.1. The van der Waals surface area contributed by atoms with Gasteiger partial charge in [0, 0.05) is 13.1 Å². The van der Waals surface area contributed by atoms with Gasteiger partial charge in [0.1, 0.15) is 5.75 Å². The molecule has 0 aliphatic heterocycles. The number of nitrogens with two attached hydrogens (primary N) is 1. The number of likely N-dealkylation sites (N-methyl/N-ethyl adjacent to an activating group) is 1. The molecule has 0 heterocycles. The summed E-state index contributed by atoms with van der Waals surface area (Å²) in [5.74, 6) is 0.779. The van der Waals surface area contributed by atoms with E-state index in [4.69, 9.17) is 10.5 Å². The van der Waals surface area contributed by atoms with E-state index in [9.17, 15) is 4.79 Å². The molecule has 0 unspecified atom stereocenters. The van der Waals surface area contributed by atoms with E-state index in [1.165, 1.54) is 5.56 Å². The average molecular weight is 264 g/mol. The number of carbonyl (C=O) groups is 1. The Hall–Kier alpha value is -1.55. The van der Waals surface area contributed by atoms with Crippen molar-refractivity contribution in [2.75, 3.05) is 26.2 Å². The Balaban J connectivity index is 2.69. The van der Waals surface area contributed by atoms with Crippen LogP contribution < -0.4 is 10.5 Å². The Morgan fingerprint density at radius 3 is 2.58 bits per heavy atom. The van der Waals surface area contributed by atoms with Crippen LogP contribution in [0.4, 0.5) is 0 Å². The highest BCUT2D eigenvalue weighted by atomic mass is 16.5. The molecule has 4 nitrogen and oxygen atoms in total. The molecule has 106 valence electrons. The minimum absolute atomic E-state index is 0.0178. The topological polar surface area (TPSA) is 55.6 Å². The Morgan fingerprint density at radius 1 is 1.32 bits per heavy atom. The van der Waals surface area contributed by atoms with E-state index in [-0.39, 0.29) is 12.5 Å². The summed E-state index contributed by atoms with van der Waals surface area (Å²) in [6.07, 6.45) is 0.760. The molecule has 0 fully saturated rings. The van der Waals surface area contributed by atoms with E-state index in [1.54, 1.807) is 4.90 Å². The molecule has 0 aliphatic rings. The van der Waals surface area contributed by atoms with Crippen LogP contribution in [0.25, 0.3) is 0 Å². The molecule has 0 saturated heterocycles. The summed E-state index contributed by atoms with van der Waals surface area (Å²) in [7, 11) is 0. The van der Waals surface area contributed by atoms with Crippen molar-refractivity contribution in [2.24, 2.45) is 5.73 Å². The molecule has 0 bridgehead atoms. The van der Waals surface area contributed by atoms with Crippen molar-refractivity contribution < 1.29 is 9.53 Å². The minimum atomic E-state index is 0.0178. The second-order valence-electron chi connectivity index (χ2n) is 4.50. The van der Waals surface area contributed by atoms with E-state index in [0.717, 1.165) is 17.7 Å². The van der Waals surface area contributed by atoms with Crippen molar-refractivity contribution in [1.29, 1.82) is 0 Å². The predicted molar refractivity (Wildman–Crippen MR) is 77.4 cm³/mol. The highest BCUT2D eigenvalue weighted by Gasteiger charge is 2.11. The van der Waals surface area contributed by atoms with Crippen LogP contribution >= 0.6 is 0 Å². The van der Waals surface area contributed by atoms with Crippen LogP contribution in [-0.2, 0) is 11.2 Å². The third-order valence-electron chi connectivity index (χ3n) is 3.10. The molecular weight excluding hydrogens is 240 g/mol. The molecule has 4 heteroatoms. The van der Waals surface area contributed by atoms with Gasteiger partial charge in [-0.2, -0.15) is 0 Å². The van der Waals surface area contributed by atoms with Crippen LogP contribution in [0.3, 0.4) is 0 Å². The molecule has 0 atom stereocenters. The van der Waals surface area contributed by atoms with E-state index in [2.05, 4.69) is 6.07 Å². The van der Waals surface area contributed by atoms with Gasteiger partial charge in [-0.1, -0.05) is 17.7 Å². The smallest absolute Gasteiger partial charge is 0.260 e. The largest absolute Gasteiger partial charge is 0.483 e. The van der Waals surface area contributed by atoms with E-state index in [1.807, 2.05) is 32.9 Å². The first-order valence-electron chi connectivity index (χ1n) is 6.82. The number of aryl methyl sites for hydroxylation is 1. The first-order chi connectivity index (χ1) is 9.12. The molecule has 1 amide bonds. The van der Waals surface area contributed by atoms with E-state index < -0.39 is 0 Å². The maximum atomic E-state index is 11.9. The van der Waals surface area contributed by atoms with Crippen LogP contribution in [0.1, 0.15) is 25.0 Å². The highest BCUT2D eigenvalue weighted by Crippen LogP contribution is 2.20. The van der Waals surface area contributed by atoms with Crippen molar-refractivity contribution in [3.63, 3.8) is 0 Å². The zero-order chi connectivity index (χ0) is 14.3. The molecule has 2 N–H and O–H groups in total. The third kappa shape index (κ3) is 4.56. The average Bonchev–Trinajstić information content (AvgIpc) is 2.39. The molecule has 0 saturated carbocycles. The Kier molecular flexibility index (Phi) is 6.36. The number of hydrogen-bond acceptors (Lipinski definition) is 3. The van der Waals surface area contributed by atoms with Crippen molar-refractivity contribution in [3.05, 3.63) is 29.3 Å². The minimum Gasteiger partial charge on any atom is -0.483 e. The number of rotatable bonds is 7. The van der Waals surface area contributed by atoms with Gasteiger partial charge in [-0.05, 0) is 45.4 Å². The number of hydrogen-bond donors (Lipinski definition) is 1. The quantitative estimate of drug-likeness (QED) is 0.816. The van der Waals surface area contributed by atoms with Crippen molar-refractivity contribution in [2.45, 2.75) is 27.2 Å². The summed E-state index contributed by atoms with van der Waals surface area (Å²) in [6, 6.07) is 5.96. The zero-order valence-corrected chi connectivity index (χ0v) is 12.1. The van der Waals surface area contributed by atoms with Gasteiger partial charge < -0.3 is 15.4 Å². The normalized spacial score (nSPS) is 10.3. The first-order valence-corrected chi connectivity index (χ1v) is 6.82. The van der Waals surface area contributed by atoms with E-state index >= 15 is 0 Å². The molecule has 19 heavy (non-hydrogen) atoms. The van der Waals surface area contributed by atoms with Gasteiger partial charge in [0.05, 0.1) is 0 Å². The van der Waals surface area contributed by atoms with Crippen LogP contribution in [0.2, 0.25) is 0 Å². The lowest BCUT2D eigenvalue weighted by Gasteiger charge is -2.19. The summed E-state index contributed by atoms with van der Waals surface area (Å²) in [6.45, 7) is 8.04. The molecule has 1 aromatic rings.